The van der Waals surface area contributed by atoms with Gasteiger partial charge in [-0.05, 0) is 26.8 Å². The van der Waals surface area contributed by atoms with Gasteiger partial charge in [-0.25, -0.2) is 4.39 Å². The third-order valence-corrected chi connectivity index (χ3v) is 3.30. The van der Waals surface area contributed by atoms with E-state index in [4.69, 9.17) is 9.26 Å². The van der Waals surface area contributed by atoms with Gasteiger partial charge in [0.15, 0.2) is 5.82 Å². The minimum absolute atomic E-state index is 0.0850. The van der Waals surface area contributed by atoms with Crippen molar-refractivity contribution in [2.75, 3.05) is 0 Å². The molecule has 140 valence electrons. The van der Waals surface area contributed by atoms with E-state index < -0.39 is 29.3 Å². The van der Waals surface area contributed by atoms with Gasteiger partial charge in [0.1, 0.15) is 17.5 Å². The Balaban J connectivity index is 2.09. The summed E-state index contributed by atoms with van der Waals surface area (Å²) < 4.78 is 24.3. The van der Waals surface area contributed by atoms with E-state index in [1.54, 1.807) is 39.8 Å². The van der Waals surface area contributed by atoms with Crippen LogP contribution < -0.4 is 5.32 Å². The molecule has 1 amide bonds. The third-order valence-electron chi connectivity index (χ3n) is 3.30. The first-order chi connectivity index (χ1) is 12.2. The molecular formula is C18H22FN3O4. The van der Waals surface area contributed by atoms with Gasteiger partial charge >= 0.3 is 5.97 Å². The Kier molecular flexibility index (Phi) is 6.07. The van der Waals surface area contributed by atoms with Gasteiger partial charge in [0.2, 0.25) is 11.8 Å². The lowest BCUT2D eigenvalue weighted by Gasteiger charge is -2.20. The summed E-state index contributed by atoms with van der Waals surface area (Å²) in [5, 5.41) is 6.42. The van der Waals surface area contributed by atoms with Crippen molar-refractivity contribution >= 4 is 11.9 Å². The third kappa shape index (κ3) is 5.65. The number of aryl methyl sites for hydroxylation is 1. The van der Waals surface area contributed by atoms with Gasteiger partial charge in [-0.2, -0.15) is 4.98 Å². The van der Waals surface area contributed by atoms with Gasteiger partial charge in [0.05, 0.1) is 6.42 Å². The highest BCUT2D eigenvalue weighted by Gasteiger charge is 2.25. The van der Waals surface area contributed by atoms with E-state index in [-0.39, 0.29) is 24.2 Å². The van der Waals surface area contributed by atoms with E-state index in [1.807, 2.05) is 0 Å². The normalized spacial score (nSPS) is 12.5. The predicted molar refractivity (Wildman–Crippen MR) is 90.5 cm³/mol. The highest BCUT2D eigenvalue weighted by Crippen LogP contribution is 2.22. The van der Waals surface area contributed by atoms with Gasteiger partial charge in [-0.15, -0.1) is 0 Å². The van der Waals surface area contributed by atoms with Crippen LogP contribution in [0.1, 0.15) is 56.9 Å². The van der Waals surface area contributed by atoms with E-state index in [2.05, 4.69) is 15.5 Å². The summed E-state index contributed by atoms with van der Waals surface area (Å²) in [6, 6.07) is 5.08. The molecule has 0 saturated heterocycles. The van der Waals surface area contributed by atoms with Crippen molar-refractivity contribution in [3.8, 4) is 0 Å². The highest BCUT2D eigenvalue weighted by molar-refractivity contribution is 5.81. The van der Waals surface area contributed by atoms with Crippen LogP contribution in [0, 0.1) is 12.7 Å². The summed E-state index contributed by atoms with van der Waals surface area (Å²) in [7, 11) is 0. The number of amides is 1. The number of carbonyl (C=O) groups excluding carboxylic acids is 2. The standard InChI is InChI=1S/C18H22FN3O4/c1-11-20-17(22-26-11)16(12-7-5-6-8-13(12)19)21-14(23)9-10-15(24)25-18(2,3)4/h5-8,16H,9-10H2,1-4H3,(H,21,23)/t16-/m1/s1. The number of halogens is 1. The zero-order chi connectivity index (χ0) is 19.3. The number of carbonyl (C=O) groups is 2. The van der Waals surface area contributed by atoms with Crippen LogP contribution in [-0.2, 0) is 14.3 Å². The molecule has 2 rings (SSSR count). The first-order valence-corrected chi connectivity index (χ1v) is 8.21. The highest BCUT2D eigenvalue weighted by atomic mass is 19.1. The number of benzene rings is 1. The van der Waals surface area contributed by atoms with Crippen molar-refractivity contribution in [1.29, 1.82) is 0 Å². The summed E-state index contributed by atoms with van der Waals surface area (Å²) in [5.74, 6) is -1.01. The molecule has 1 N–H and O–H groups in total. The maximum absolute atomic E-state index is 14.2. The zero-order valence-corrected chi connectivity index (χ0v) is 15.2. The molecule has 0 unspecified atom stereocenters. The van der Waals surface area contributed by atoms with Crippen molar-refractivity contribution in [1.82, 2.24) is 15.5 Å². The molecule has 2 aromatic rings. The molecule has 1 aromatic carbocycles. The number of esters is 1. The fraction of sp³-hybridized carbons (Fsp3) is 0.444. The van der Waals surface area contributed by atoms with Gasteiger partial charge in [0.25, 0.3) is 0 Å². The summed E-state index contributed by atoms with van der Waals surface area (Å²) in [4.78, 5) is 28.1. The molecule has 0 aliphatic carbocycles. The zero-order valence-electron chi connectivity index (χ0n) is 15.2. The molecule has 0 spiro atoms. The number of ether oxygens (including phenoxy) is 1. The van der Waals surface area contributed by atoms with Crippen LogP contribution in [0.15, 0.2) is 28.8 Å². The van der Waals surface area contributed by atoms with Crippen LogP contribution >= 0.6 is 0 Å². The van der Waals surface area contributed by atoms with E-state index in [0.29, 0.717) is 5.89 Å². The first-order valence-electron chi connectivity index (χ1n) is 8.21. The number of nitrogens with one attached hydrogen (secondary N) is 1. The van der Waals surface area contributed by atoms with E-state index in [1.165, 1.54) is 12.1 Å². The minimum Gasteiger partial charge on any atom is -0.460 e. The Bertz CT molecular complexity index is 783. The molecule has 0 radical (unpaired) electrons. The number of hydrogen-bond donors (Lipinski definition) is 1. The van der Waals surface area contributed by atoms with Crippen LogP contribution in [0.3, 0.4) is 0 Å². The molecule has 0 aliphatic rings. The molecule has 8 heteroatoms. The SMILES string of the molecule is Cc1nc([C@H](NC(=O)CCC(=O)OC(C)(C)C)c2ccccc2F)no1. The fourth-order valence-corrected chi connectivity index (χ4v) is 2.26. The van der Waals surface area contributed by atoms with Crippen molar-refractivity contribution in [3.05, 3.63) is 47.4 Å². The molecule has 1 atom stereocenters. The molecule has 0 saturated carbocycles. The summed E-state index contributed by atoms with van der Waals surface area (Å²) in [6.07, 6.45) is -0.185. The summed E-state index contributed by atoms with van der Waals surface area (Å²) in [5.41, 5.74) is -0.412. The minimum atomic E-state index is -0.917. The maximum Gasteiger partial charge on any atom is 0.306 e. The number of nitrogens with zero attached hydrogens (tertiary/aromatic N) is 2. The van der Waals surface area contributed by atoms with Gasteiger partial charge in [0, 0.05) is 18.9 Å². The van der Waals surface area contributed by atoms with Crippen LogP contribution in [0.4, 0.5) is 4.39 Å². The second-order valence-electron chi connectivity index (χ2n) is 6.78. The molecular weight excluding hydrogens is 341 g/mol. The molecule has 1 heterocycles. The average molecular weight is 363 g/mol. The first kappa shape index (κ1) is 19.6. The molecule has 0 aliphatic heterocycles. The lowest BCUT2D eigenvalue weighted by molar-refractivity contribution is -0.155. The number of aromatic nitrogens is 2. The maximum atomic E-state index is 14.2. The van der Waals surface area contributed by atoms with Gasteiger partial charge < -0.3 is 14.6 Å². The summed E-state index contributed by atoms with van der Waals surface area (Å²) in [6.45, 7) is 6.84. The molecule has 26 heavy (non-hydrogen) atoms. The van der Waals surface area contributed by atoms with Gasteiger partial charge in [-0.1, -0.05) is 23.4 Å². The molecule has 0 fully saturated rings. The smallest absolute Gasteiger partial charge is 0.306 e. The lowest BCUT2D eigenvalue weighted by Crippen LogP contribution is -2.31. The Hall–Kier alpha value is -2.77. The van der Waals surface area contributed by atoms with Crippen molar-refractivity contribution in [2.24, 2.45) is 0 Å². The van der Waals surface area contributed by atoms with Crippen molar-refractivity contribution in [3.63, 3.8) is 0 Å². The average Bonchev–Trinajstić information content (AvgIpc) is 2.96. The summed E-state index contributed by atoms with van der Waals surface area (Å²) >= 11 is 0. The van der Waals surface area contributed by atoms with E-state index in [0.717, 1.165) is 0 Å². The second kappa shape index (κ2) is 8.07. The van der Waals surface area contributed by atoms with Gasteiger partial charge in [-0.3, -0.25) is 9.59 Å². The van der Waals surface area contributed by atoms with Crippen molar-refractivity contribution < 1.29 is 23.2 Å². The number of hydrogen-bond acceptors (Lipinski definition) is 6. The number of rotatable bonds is 6. The second-order valence-corrected chi connectivity index (χ2v) is 6.78. The predicted octanol–water partition coefficient (Wildman–Crippen LogP) is 2.84. The Labute approximate surface area is 150 Å². The van der Waals surface area contributed by atoms with E-state index >= 15 is 0 Å². The quantitative estimate of drug-likeness (QED) is 0.793. The monoisotopic (exact) mass is 363 g/mol. The molecule has 0 bridgehead atoms. The molecule has 1 aromatic heterocycles. The topological polar surface area (TPSA) is 94.3 Å². The van der Waals surface area contributed by atoms with E-state index in [9.17, 15) is 14.0 Å². The van der Waals surface area contributed by atoms with Crippen LogP contribution in [0.2, 0.25) is 0 Å². The Morgan fingerprint density at radius 3 is 2.54 bits per heavy atom. The Morgan fingerprint density at radius 1 is 1.27 bits per heavy atom. The fourth-order valence-electron chi connectivity index (χ4n) is 2.26. The van der Waals surface area contributed by atoms with Crippen LogP contribution in [0.5, 0.6) is 0 Å². The molecule has 7 nitrogen and oxygen atoms in total. The lowest BCUT2D eigenvalue weighted by atomic mass is 10.1. The van der Waals surface area contributed by atoms with Crippen LogP contribution in [0.25, 0.3) is 0 Å². The Morgan fingerprint density at radius 2 is 1.96 bits per heavy atom. The largest absolute Gasteiger partial charge is 0.460 e. The van der Waals surface area contributed by atoms with Crippen molar-refractivity contribution in [2.45, 2.75) is 52.2 Å². The van der Waals surface area contributed by atoms with Crippen LogP contribution in [-0.4, -0.2) is 27.6 Å².